The van der Waals surface area contributed by atoms with Crippen LogP contribution in [0.1, 0.15) is 32.1 Å². The molecule has 1 saturated carbocycles. The third-order valence-corrected chi connectivity index (χ3v) is 5.04. The SMILES string of the molecule is COc1nc(OC)nc(N2CCC(N(C)C(=O)C3CCC3)CC2)n1. The van der Waals surface area contributed by atoms with Gasteiger partial charge < -0.3 is 19.3 Å². The van der Waals surface area contributed by atoms with Crippen molar-refractivity contribution in [3.05, 3.63) is 0 Å². The molecule has 8 heteroatoms. The van der Waals surface area contributed by atoms with Gasteiger partial charge in [-0.25, -0.2) is 0 Å². The first-order chi connectivity index (χ1) is 11.6. The van der Waals surface area contributed by atoms with Crippen LogP contribution in [0.3, 0.4) is 0 Å². The molecule has 1 aliphatic carbocycles. The van der Waals surface area contributed by atoms with Gasteiger partial charge in [0.25, 0.3) is 0 Å². The third kappa shape index (κ3) is 3.37. The Kier molecular flexibility index (Phi) is 5.01. The number of hydrogen-bond donors (Lipinski definition) is 0. The van der Waals surface area contributed by atoms with Crippen LogP contribution in [0.5, 0.6) is 12.0 Å². The van der Waals surface area contributed by atoms with Crippen molar-refractivity contribution >= 4 is 11.9 Å². The van der Waals surface area contributed by atoms with Crippen LogP contribution in [-0.2, 0) is 4.79 Å². The molecule has 1 amide bonds. The number of rotatable bonds is 5. The maximum absolute atomic E-state index is 12.4. The lowest BCUT2D eigenvalue weighted by Gasteiger charge is -2.39. The smallest absolute Gasteiger partial charge is 0.324 e. The van der Waals surface area contributed by atoms with Crippen molar-refractivity contribution in [2.75, 3.05) is 39.3 Å². The highest BCUT2D eigenvalue weighted by Gasteiger charge is 2.33. The lowest BCUT2D eigenvalue weighted by Crippen LogP contribution is -2.48. The number of ether oxygens (including phenoxy) is 2. The Labute approximate surface area is 142 Å². The van der Waals surface area contributed by atoms with Gasteiger partial charge in [-0.15, -0.1) is 4.98 Å². The number of amides is 1. The van der Waals surface area contributed by atoms with E-state index in [-0.39, 0.29) is 17.9 Å². The first-order valence-electron chi connectivity index (χ1n) is 8.48. The second-order valence-corrected chi connectivity index (χ2v) is 6.40. The van der Waals surface area contributed by atoms with Crippen molar-refractivity contribution in [2.45, 2.75) is 38.1 Å². The minimum Gasteiger partial charge on any atom is -0.467 e. The molecule has 1 aromatic heterocycles. The molecule has 0 radical (unpaired) electrons. The summed E-state index contributed by atoms with van der Waals surface area (Å²) in [5, 5.41) is 0. The number of nitrogens with zero attached hydrogens (tertiary/aromatic N) is 5. The van der Waals surface area contributed by atoms with E-state index in [1.165, 1.54) is 20.6 Å². The zero-order chi connectivity index (χ0) is 17.1. The van der Waals surface area contributed by atoms with Crippen LogP contribution in [-0.4, -0.2) is 66.2 Å². The Morgan fingerprint density at radius 2 is 1.62 bits per heavy atom. The number of aromatic nitrogens is 3. The van der Waals surface area contributed by atoms with E-state index in [1.807, 2.05) is 11.9 Å². The molecule has 0 atom stereocenters. The van der Waals surface area contributed by atoms with Gasteiger partial charge in [-0.3, -0.25) is 4.79 Å². The van der Waals surface area contributed by atoms with Gasteiger partial charge in [-0.05, 0) is 25.7 Å². The highest BCUT2D eigenvalue weighted by Crippen LogP contribution is 2.30. The predicted molar refractivity (Wildman–Crippen MR) is 88.3 cm³/mol. The molecule has 24 heavy (non-hydrogen) atoms. The van der Waals surface area contributed by atoms with E-state index < -0.39 is 0 Å². The number of anilines is 1. The molecule has 2 aliphatic rings. The number of hydrogen-bond acceptors (Lipinski definition) is 7. The standard InChI is InChI=1S/C16H25N5O3/c1-20(13(22)11-5-4-6-11)12-7-9-21(10-8-12)14-17-15(23-2)19-16(18-14)24-3/h11-12H,4-10H2,1-3H3. The quantitative estimate of drug-likeness (QED) is 0.797. The normalized spacial score (nSPS) is 18.9. The van der Waals surface area contributed by atoms with Crippen molar-refractivity contribution in [3.63, 3.8) is 0 Å². The Morgan fingerprint density at radius 3 is 2.08 bits per heavy atom. The molecule has 2 fully saturated rings. The van der Waals surface area contributed by atoms with Gasteiger partial charge in [0.2, 0.25) is 11.9 Å². The molecule has 1 aliphatic heterocycles. The topological polar surface area (TPSA) is 80.7 Å². The summed E-state index contributed by atoms with van der Waals surface area (Å²) in [4.78, 5) is 29.1. The molecule has 0 N–H and O–H groups in total. The first-order valence-corrected chi connectivity index (χ1v) is 8.48. The second-order valence-electron chi connectivity index (χ2n) is 6.40. The molecule has 3 rings (SSSR count). The molecule has 2 heterocycles. The molecular weight excluding hydrogens is 310 g/mol. The lowest BCUT2D eigenvalue weighted by atomic mass is 9.84. The molecule has 0 spiro atoms. The number of piperidine rings is 1. The van der Waals surface area contributed by atoms with Crippen molar-refractivity contribution in [2.24, 2.45) is 5.92 Å². The predicted octanol–water partition coefficient (Wildman–Crippen LogP) is 1.12. The summed E-state index contributed by atoms with van der Waals surface area (Å²) in [6, 6.07) is 0.785. The highest BCUT2D eigenvalue weighted by molar-refractivity contribution is 5.79. The van der Waals surface area contributed by atoms with E-state index in [0.717, 1.165) is 38.8 Å². The maximum atomic E-state index is 12.4. The fourth-order valence-corrected chi connectivity index (χ4v) is 3.23. The van der Waals surface area contributed by atoms with Crippen molar-refractivity contribution < 1.29 is 14.3 Å². The average Bonchev–Trinajstić information content (AvgIpc) is 2.59. The van der Waals surface area contributed by atoms with E-state index >= 15 is 0 Å². The molecule has 0 unspecified atom stereocenters. The van der Waals surface area contributed by atoms with Crippen molar-refractivity contribution in [1.82, 2.24) is 19.9 Å². The molecule has 8 nitrogen and oxygen atoms in total. The number of methoxy groups -OCH3 is 2. The first kappa shape index (κ1) is 16.7. The zero-order valence-electron chi connectivity index (χ0n) is 14.6. The van der Waals surface area contributed by atoms with Crippen LogP contribution >= 0.6 is 0 Å². The Bertz CT molecular complexity index is 563. The van der Waals surface area contributed by atoms with Crippen LogP contribution in [0, 0.1) is 5.92 Å². The van der Waals surface area contributed by atoms with Gasteiger partial charge in [0.05, 0.1) is 14.2 Å². The van der Waals surface area contributed by atoms with Crippen LogP contribution in [0.25, 0.3) is 0 Å². The molecule has 0 bridgehead atoms. The minimum atomic E-state index is 0.247. The molecule has 1 aromatic rings. The fraction of sp³-hybridized carbons (Fsp3) is 0.750. The molecule has 0 aromatic carbocycles. The summed E-state index contributed by atoms with van der Waals surface area (Å²) in [5.41, 5.74) is 0. The summed E-state index contributed by atoms with van der Waals surface area (Å²) in [5.74, 6) is 1.12. The van der Waals surface area contributed by atoms with E-state index in [9.17, 15) is 4.79 Å². The van der Waals surface area contributed by atoms with Crippen LogP contribution in [0.2, 0.25) is 0 Å². The zero-order valence-corrected chi connectivity index (χ0v) is 14.6. The summed E-state index contributed by atoms with van der Waals surface area (Å²) < 4.78 is 10.2. The average molecular weight is 335 g/mol. The van der Waals surface area contributed by atoms with Crippen molar-refractivity contribution in [3.8, 4) is 12.0 Å². The van der Waals surface area contributed by atoms with E-state index in [2.05, 4.69) is 19.9 Å². The van der Waals surface area contributed by atoms with Gasteiger partial charge in [0.15, 0.2) is 0 Å². The maximum Gasteiger partial charge on any atom is 0.324 e. The fourth-order valence-electron chi connectivity index (χ4n) is 3.23. The van der Waals surface area contributed by atoms with E-state index in [4.69, 9.17) is 9.47 Å². The van der Waals surface area contributed by atoms with Crippen molar-refractivity contribution in [1.29, 1.82) is 0 Å². The largest absolute Gasteiger partial charge is 0.467 e. The second kappa shape index (κ2) is 7.19. The Hall–Kier alpha value is -2.12. The summed E-state index contributed by atoms with van der Waals surface area (Å²) in [6.45, 7) is 1.59. The summed E-state index contributed by atoms with van der Waals surface area (Å²) in [6.07, 6.45) is 5.10. The van der Waals surface area contributed by atoms with Gasteiger partial charge in [-0.2, -0.15) is 9.97 Å². The van der Waals surface area contributed by atoms with Gasteiger partial charge in [-0.1, -0.05) is 6.42 Å². The summed E-state index contributed by atoms with van der Waals surface area (Å²) >= 11 is 0. The van der Waals surface area contributed by atoms with Gasteiger partial charge in [0, 0.05) is 32.1 Å². The van der Waals surface area contributed by atoms with Crippen LogP contribution in [0.15, 0.2) is 0 Å². The number of carbonyl (C=O) groups excluding carboxylic acids is 1. The lowest BCUT2D eigenvalue weighted by molar-refractivity contribution is -0.139. The van der Waals surface area contributed by atoms with Gasteiger partial charge in [0.1, 0.15) is 0 Å². The van der Waals surface area contributed by atoms with Crippen LogP contribution in [0.4, 0.5) is 5.95 Å². The van der Waals surface area contributed by atoms with Gasteiger partial charge >= 0.3 is 12.0 Å². The monoisotopic (exact) mass is 335 g/mol. The molecule has 1 saturated heterocycles. The highest BCUT2D eigenvalue weighted by atomic mass is 16.5. The molecule has 132 valence electrons. The Morgan fingerprint density at radius 1 is 1.04 bits per heavy atom. The summed E-state index contributed by atoms with van der Waals surface area (Å²) in [7, 11) is 4.98. The molecular formula is C16H25N5O3. The van der Waals surface area contributed by atoms with Crippen LogP contribution < -0.4 is 14.4 Å². The van der Waals surface area contributed by atoms with E-state index in [0.29, 0.717) is 17.9 Å². The minimum absolute atomic E-state index is 0.247. The Balaban J connectivity index is 1.61. The third-order valence-electron chi connectivity index (χ3n) is 5.04. The number of carbonyl (C=O) groups is 1. The van der Waals surface area contributed by atoms with E-state index in [1.54, 1.807) is 0 Å².